The number of hydrogen-bond donors (Lipinski definition) is 1. The lowest BCUT2D eigenvalue weighted by atomic mass is 9.91. The molecule has 0 radical (unpaired) electrons. The van der Waals surface area contributed by atoms with Crippen LogP contribution in [0.15, 0.2) is 22.7 Å². The molecule has 3 rings (SSSR count). The Bertz CT molecular complexity index is 675. The summed E-state index contributed by atoms with van der Waals surface area (Å²) < 4.78 is 8.94. The summed E-state index contributed by atoms with van der Waals surface area (Å²) in [6.45, 7) is 6.99. The number of nitrogen functional groups attached to an aromatic ring is 1. The van der Waals surface area contributed by atoms with Crippen LogP contribution in [0, 0.1) is 0 Å². The van der Waals surface area contributed by atoms with E-state index in [9.17, 15) is 0 Å². The molecule has 0 spiro atoms. The summed E-state index contributed by atoms with van der Waals surface area (Å²) in [6.07, 6.45) is 0.939. The van der Waals surface area contributed by atoms with Crippen molar-refractivity contribution < 1.29 is 4.74 Å². The van der Waals surface area contributed by atoms with Crippen LogP contribution >= 0.6 is 15.9 Å². The van der Waals surface area contributed by atoms with Crippen LogP contribution in [0.1, 0.15) is 32.0 Å². The molecule has 1 aliphatic heterocycles. The molecular formula is C15H19BrN4O. The molecule has 0 amide bonds. The highest BCUT2D eigenvalue weighted by molar-refractivity contribution is 9.10. The number of fused-ring (bicyclic) bond motifs is 1. The van der Waals surface area contributed by atoms with Gasteiger partial charge in [-0.25, -0.2) is 4.68 Å². The molecule has 2 heterocycles. The predicted molar refractivity (Wildman–Crippen MR) is 85.4 cm³/mol. The first-order chi connectivity index (χ1) is 9.84. The number of nitrogens with zero attached hydrogens (tertiary/aromatic N) is 3. The molecular weight excluding hydrogens is 332 g/mol. The van der Waals surface area contributed by atoms with Crippen LogP contribution in [0.25, 0.3) is 0 Å². The molecule has 2 aromatic rings. The summed E-state index contributed by atoms with van der Waals surface area (Å²) >= 11 is 3.49. The van der Waals surface area contributed by atoms with Crippen molar-refractivity contribution in [3.8, 4) is 5.75 Å². The normalized spacial score (nSPS) is 17.6. The van der Waals surface area contributed by atoms with E-state index in [-0.39, 0.29) is 11.5 Å². The summed E-state index contributed by atoms with van der Waals surface area (Å²) in [7, 11) is 0. The molecule has 1 atom stereocenters. The SMILES string of the molecule is CC(C)(C)c1c(N)nnn1CC1Cc2cc(Br)ccc2O1. The minimum atomic E-state index is -0.0952. The van der Waals surface area contributed by atoms with Crippen molar-refractivity contribution in [2.45, 2.75) is 45.3 Å². The third-order valence-electron chi connectivity index (χ3n) is 3.61. The van der Waals surface area contributed by atoms with Crippen LogP contribution in [0.5, 0.6) is 5.75 Å². The fraction of sp³-hybridized carbons (Fsp3) is 0.467. The largest absolute Gasteiger partial charge is 0.488 e. The Morgan fingerprint density at radius 3 is 2.90 bits per heavy atom. The van der Waals surface area contributed by atoms with E-state index in [0.717, 1.165) is 22.3 Å². The van der Waals surface area contributed by atoms with E-state index >= 15 is 0 Å². The molecule has 112 valence electrons. The van der Waals surface area contributed by atoms with E-state index in [1.807, 2.05) is 16.8 Å². The van der Waals surface area contributed by atoms with Crippen LogP contribution in [-0.2, 0) is 18.4 Å². The van der Waals surface area contributed by atoms with Gasteiger partial charge >= 0.3 is 0 Å². The van der Waals surface area contributed by atoms with Gasteiger partial charge in [0.1, 0.15) is 11.9 Å². The summed E-state index contributed by atoms with van der Waals surface area (Å²) in [5.41, 5.74) is 8.05. The first kappa shape index (κ1) is 14.4. The van der Waals surface area contributed by atoms with Crippen molar-refractivity contribution in [1.82, 2.24) is 15.0 Å². The summed E-state index contributed by atoms with van der Waals surface area (Å²) in [5, 5.41) is 8.19. The Morgan fingerprint density at radius 2 is 2.19 bits per heavy atom. The number of ether oxygens (including phenoxy) is 1. The van der Waals surface area contributed by atoms with Crippen LogP contribution < -0.4 is 10.5 Å². The minimum Gasteiger partial charge on any atom is -0.488 e. The van der Waals surface area contributed by atoms with Crippen molar-refractivity contribution in [2.24, 2.45) is 0 Å². The predicted octanol–water partition coefficient (Wildman–Crippen LogP) is 2.92. The molecule has 0 saturated heterocycles. The van der Waals surface area contributed by atoms with Gasteiger partial charge in [0.15, 0.2) is 5.82 Å². The quantitative estimate of drug-likeness (QED) is 0.904. The van der Waals surface area contributed by atoms with Gasteiger partial charge in [0.25, 0.3) is 0 Å². The highest BCUT2D eigenvalue weighted by Gasteiger charge is 2.28. The number of aromatic nitrogens is 3. The van der Waals surface area contributed by atoms with Crippen LogP contribution in [0.4, 0.5) is 5.82 Å². The Kier molecular flexibility index (Phi) is 3.43. The van der Waals surface area contributed by atoms with Crippen molar-refractivity contribution in [3.63, 3.8) is 0 Å². The third kappa shape index (κ3) is 2.77. The molecule has 1 unspecified atom stereocenters. The zero-order chi connectivity index (χ0) is 15.2. The zero-order valence-corrected chi connectivity index (χ0v) is 14.0. The highest BCUT2D eigenvalue weighted by Crippen LogP contribution is 2.33. The van der Waals surface area contributed by atoms with Gasteiger partial charge in [-0.1, -0.05) is 41.9 Å². The molecule has 1 aromatic heterocycles. The fourth-order valence-corrected chi connectivity index (χ4v) is 3.22. The zero-order valence-electron chi connectivity index (χ0n) is 12.4. The van der Waals surface area contributed by atoms with E-state index in [1.54, 1.807) is 0 Å². The Labute approximate surface area is 132 Å². The van der Waals surface area contributed by atoms with Gasteiger partial charge in [-0.05, 0) is 23.8 Å². The lowest BCUT2D eigenvalue weighted by Crippen LogP contribution is -2.27. The number of halogens is 1. The molecule has 0 saturated carbocycles. The summed E-state index contributed by atoms with van der Waals surface area (Å²) in [6, 6.07) is 6.10. The Balaban J connectivity index is 1.81. The topological polar surface area (TPSA) is 66.0 Å². The van der Waals surface area contributed by atoms with Gasteiger partial charge in [-0.2, -0.15) is 0 Å². The van der Waals surface area contributed by atoms with Crippen molar-refractivity contribution in [3.05, 3.63) is 33.9 Å². The van der Waals surface area contributed by atoms with E-state index < -0.39 is 0 Å². The maximum atomic E-state index is 5.99. The molecule has 1 aliphatic rings. The van der Waals surface area contributed by atoms with E-state index in [1.165, 1.54) is 5.56 Å². The Hall–Kier alpha value is -1.56. The van der Waals surface area contributed by atoms with E-state index in [2.05, 4.69) is 53.1 Å². The average Bonchev–Trinajstić information content (AvgIpc) is 2.91. The maximum Gasteiger partial charge on any atom is 0.169 e. The number of rotatable bonds is 2. The molecule has 21 heavy (non-hydrogen) atoms. The van der Waals surface area contributed by atoms with Gasteiger partial charge in [-0.15, -0.1) is 5.10 Å². The van der Waals surface area contributed by atoms with Crippen molar-refractivity contribution in [1.29, 1.82) is 0 Å². The van der Waals surface area contributed by atoms with Gasteiger partial charge in [0, 0.05) is 16.3 Å². The van der Waals surface area contributed by atoms with Gasteiger partial charge in [0.05, 0.1) is 12.2 Å². The molecule has 6 heteroatoms. The third-order valence-corrected chi connectivity index (χ3v) is 4.11. The number of benzene rings is 1. The van der Waals surface area contributed by atoms with Crippen LogP contribution in [0.3, 0.4) is 0 Å². The molecule has 5 nitrogen and oxygen atoms in total. The lowest BCUT2D eigenvalue weighted by Gasteiger charge is -2.21. The summed E-state index contributed by atoms with van der Waals surface area (Å²) in [4.78, 5) is 0. The van der Waals surface area contributed by atoms with Gasteiger partial charge in [-0.3, -0.25) is 0 Å². The van der Waals surface area contributed by atoms with E-state index in [0.29, 0.717) is 12.4 Å². The standard InChI is InChI=1S/C15H19BrN4O/c1-15(2,3)13-14(17)18-19-20(13)8-11-7-9-6-10(16)4-5-12(9)21-11/h4-6,11H,7-8,17H2,1-3H3. The van der Waals surface area contributed by atoms with E-state index in [4.69, 9.17) is 10.5 Å². The molecule has 0 aliphatic carbocycles. The molecule has 2 N–H and O–H groups in total. The molecule has 0 fully saturated rings. The van der Waals surface area contributed by atoms with Crippen LogP contribution in [-0.4, -0.2) is 21.1 Å². The van der Waals surface area contributed by atoms with Crippen molar-refractivity contribution in [2.75, 3.05) is 5.73 Å². The first-order valence-corrected chi connectivity index (χ1v) is 7.78. The first-order valence-electron chi connectivity index (χ1n) is 6.99. The smallest absolute Gasteiger partial charge is 0.169 e. The minimum absolute atomic E-state index is 0.0662. The lowest BCUT2D eigenvalue weighted by molar-refractivity contribution is 0.198. The molecule has 0 bridgehead atoms. The monoisotopic (exact) mass is 350 g/mol. The molecule has 1 aromatic carbocycles. The van der Waals surface area contributed by atoms with Crippen LogP contribution in [0.2, 0.25) is 0 Å². The average molecular weight is 351 g/mol. The second kappa shape index (κ2) is 5.02. The maximum absolute atomic E-state index is 5.99. The Morgan fingerprint density at radius 1 is 1.43 bits per heavy atom. The summed E-state index contributed by atoms with van der Waals surface area (Å²) in [5.74, 6) is 1.45. The van der Waals surface area contributed by atoms with Crippen molar-refractivity contribution >= 4 is 21.7 Å². The van der Waals surface area contributed by atoms with Gasteiger partial charge in [0.2, 0.25) is 0 Å². The number of anilines is 1. The highest BCUT2D eigenvalue weighted by atomic mass is 79.9. The fourth-order valence-electron chi connectivity index (χ4n) is 2.81. The second-order valence-electron chi connectivity index (χ2n) is 6.45. The number of hydrogen-bond acceptors (Lipinski definition) is 4. The number of nitrogens with two attached hydrogens (primary N) is 1. The van der Waals surface area contributed by atoms with Gasteiger partial charge < -0.3 is 10.5 Å². The second-order valence-corrected chi connectivity index (χ2v) is 7.37.